The van der Waals surface area contributed by atoms with Gasteiger partial charge in [0, 0.05) is 19.3 Å². The lowest BCUT2D eigenvalue weighted by Gasteiger charge is -2.18. The fraction of sp³-hybridized carbons (Fsp3) is 0.935. The van der Waals surface area contributed by atoms with E-state index in [-0.39, 0.29) is 31.1 Å². The topological polar surface area (TPSA) is 78.9 Å². The molecule has 0 aromatic heterocycles. The van der Waals surface area contributed by atoms with E-state index in [1.807, 2.05) is 0 Å². The van der Waals surface area contributed by atoms with Gasteiger partial charge in [0.2, 0.25) is 0 Å². The van der Waals surface area contributed by atoms with Crippen LogP contribution in [0.2, 0.25) is 0 Å². The highest BCUT2D eigenvalue weighted by molar-refractivity contribution is 5.71. The average Bonchev–Trinajstić information content (AvgIpc) is 3.49. The van der Waals surface area contributed by atoms with E-state index in [1.54, 1.807) is 0 Å². The first-order valence-corrected chi connectivity index (χ1v) is 38.2. The number of hydrogen-bond acceptors (Lipinski definition) is 6. The third-order valence-electron chi connectivity index (χ3n) is 17.8. The predicted octanol–water partition coefficient (Wildman–Crippen LogP) is 26.3. The van der Waals surface area contributed by atoms with Gasteiger partial charge in [-0.15, -0.1) is 0 Å². The van der Waals surface area contributed by atoms with E-state index in [0.717, 1.165) is 64.2 Å². The normalized spacial score (nSPS) is 12.0. The molecule has 0 fully saturated rings. The number of ether oxygens (including phenoxy) is 3. The zero-order valence-electron chi connectivity index (χ0n) is 56.8. The fourth-order valence-corrected chi connectivity index (χ4v) is 12.0. The Labute approximate surface area is 520 Å². The summed E-state index contributed by atoms with van der Waals surface area (Å²) in [5.74, 6) is -0.838. The minimum Gasteiger partial charge on any atom is -0.462 e. The Morgan fingerprint density at radius 3 is 0.627 bits per heavy atom. The lowest BCUT2D eigenvalue weighted by molar-refractivity contribution is -0.167. The SMILES string of the molecule is CCCCC/C=C\CCCCCCCC(=O)OCC(COC(=O)CCCCCCCCCCCCCCCCCCCCCCCCCCCCCCCCCC)OC(=O)CCCCCCCCCCCCCCCCCCCCCCC. The summed E-state index contributed by atoms with van der Waals surface area (Å²) in [6, 6.07) is 0. The van der Waals surface area contributed by atoms with E-state index in [1.165, 1.54) is 340 Å². The van der Waals surface area contributed by atoms with Gasteiger partial charge in [0.25, 0.3) is 0 Å². The molecule has 0 aromatic rings. The van der Waals surface area contributed by atoms with Crippen molar-refractivity contribution in [3.8, 4) is 0 Å². The minimum absolute atomic E-state index is 0.0656. The van der Waals surface area contributed by atoms with E-state index >= 15 is 0 Å². The molecule has 0 aliphatic rings. The maximum absolute atomic E-state index is 13.0. The van der Waals surface area contributed by atoms with Crippen molar-refractivity contribution < 1.29 is 28.6 Å². The molecule has 1 unspecified atom stereocenters. The van der Waals surface area contributed by atoms with Crippen LogP contribution < -0.4 is 0 Å². The van der Waals surface area contributed by atoms with Crippen molar-refractivity contribution in [1.29, 1.82) is 0 Å². The molecule has 492 valence electrons. The molecule has 0 aromatic carbocycles. The van der Waals surface area contributed by atoms with Crippen LogP contribution in [0.1, 0.15) is 445 Å². The minimum atomic E-state index is -0.770. The maximum Gasteiger partial charge on any atom is 0.306 e. The third kappa shape index (κ3) is 70.8. The Bertz CT molecular complexity index is 1300. The molecule has 0 saturated carbocycles. The molecule has 0 amide bonds. The monoisotopic (exact) mass is 1170 g/mol. The number of carbonyl (C=O) groups excluding carboxylic acids is 3. The van der Waals surface area contributed by atoms with Gasteiger partial charge in [-0.1, -0.05) is 392 Å². The van der Waals surface area contributed by atoms with Crippen LogP contribution >= 0.6 is 0 Å². The van der Waals surface area contributed by atoms with Crippen LogP contribution in [0, 0.1) is 0 Å². The Balaban J connectivity index is 4.08. The van der Waals surface area contributed by atoms with Gasteiger partial charge in [0.15, 0.2) is 6.10 Å². The van der Waals surface area contributed by atoms with Crippen molar-refractivity contribution in [1.82, 2.24) is 0 Å². The van der Waals surface area contributed by atoms with Crippen molar-refractivity contribution in [3.63, 3.8) is 0 Å². The quantitative estimate of drug-likeness (QED) is 0.0261. The van der Waals surface area contributed by atoms with E-state index in [4.69, 9.17) is 14.2 Å². The Kier molecular flexibility index (Phi) is 71.0. The van der Waals surface area contributed by atoms with Crippen LogP contribution in [0.3, 0.4) is 0 Å². The Morgan fingerprint density at radius 1 is 0.229 bits per heavy atom. The number of unbranched alkanes of at least 4 members (excludes halogenated alkanes) is 59. The molecule has 0 saturated heterocycles. The van der Waals surface area contributed by atoms with Crippen molar-refractivity contribution in [2.75, 3.05) is 13.2 Å². The number of carbonyl (C=O) groups is 3. The molecule has 83 heavy (non-hydrogen) atoms. The molecular formula is C77H148O6. The summed E-state index contributed by atoms with van der Waals surface area (Å²) in [6.45, 7) is 6.71. The van der Waals surface area contributed by atoms with Gasteiger partial charge in [-0.05, 0) is 44.9 Å². The fourth-order valence-electron chi connectivity index (χ4n) is 12.0. The number of hydrogen-bond donors (Lipinski definition) is 0. The molecule has 0 spiro atoms. The molecule has 0 N–H and O–H groups in total. The van der Waals surface area contributed by atoms with Crippen molar-refractivity contribution in [2.24, 2.45) is 0 Å². The summed E-state index contributed by atoms with van der Waals surface area (Å²) in [5.41, 5.74) is 0. The summed E-state index contributed by atoms with van der Waals surface area (Å²) < 4.78 is 17.0. The van der Waals surface area contributed by atoms with Gasteiger partial charge in [0.1, 0.15) is 13.2 Å². The van der Waals surface area contributed by atoms with Crippen molar-refractivity contribution in [3.05, 3.63) is 12.2 Å². The first-order valence-electron chi connectivity index (χ1n) is 38.2. The molecular weight excluding hydrogens is 1020 g/mol. The van der Waals surface area contributed by atoms with Crippen LogP contribution in [-0.2, 0) is 28.6 Å². The van der Waals surface area contributed by atoms with Gasteiger partial charge >= 0.3 is 17.9 Å². The molecule has 6 nitrogen and oxygen atoms in total. The summed E-state index contributed by atoms with van der Waals surface area (Å²) in [6.07, 6.45) is 88.5. The highest BCUT2D eigenvalue weighted by atomic mass is 16.6. The van der Waals surface area contributed by atoms with Crippen LogP contribution in [0.15, 0.2) is 12.2 Å². The van der Waals surface area contributed by atoms with E-state index in [0.29, 0.717) is 19.3 Å². The second kappa shape index (κ2) is 72.6. The third-order valence-corrected chi connectivity index (χ3v) is 17.8. The van der Waals surface area contributed by atoms with Gasteiger partial charge in [-0.2, -0.15) is 0 Å². The average molecular weight is 1170 g/mol. The van der Waals surface area contributed by atoms with Crippen molar-refractivity contribution >= 4 is 17.9 Å². The zero-order chi connectivity index (χ0) is 59.9. The number of esters is 3. The largest absolute Gasteiger partial charge is 0.462 e. The lowest BCUT2D eigenvalue weighted by atomic mass is 10.0. The predicted molar refractivity (Wildman–Crippen MR) is 363 cm³/mol. The molecule has 0 aliphatic heterocycles. The van der Waals surface area contributed by atoms with Crippen LogP contribution in [0.5, 0.6) is 0 Å². The first kappa shape index (κ1) is 81.2. The van der Waals surface area contributed by atoms with Gasteiger partial charge < -0.3 is 14.2 Å². The molecule has 0 heterocycles. The van der Waals surface area contributed by atoms with Crippen LogP contribution in [0.25, 0.3) is 0 Å². The highest BCUT2D eigenvalue weighted by Gasteiger charge is 2.20. The number of rotatable bonds is 72. The van der Waals surface area contributed by atoms with E-state index < -0.39 is 6.10 Å². The lowest BCUT2D eigenvalue weighted by Crippen LogP contribution is -2.30. The molecule has 0 bridgehead atoms. The molecule has 6 heteroatoms. The smallest absolute Gasteiger partial charge is 0.306 e. The van der Waals surface area contributed by atoms with Gasteiger partial charge in [-0.25, -0.2) is 0 Å². The second-order valence-electron chi connectivity index (χ2n) is 26.3. The van der Waals surface area contributed by atoms with E-state index in [2.05, 4.69) is 32.9 Å². The summed E-state index contributed by atoms with van der Waals surface area (Å²) in [7, 11) is 0. The highest BCUT2D eigenvalue weighted by Crippen LogP contribution is 2.20. The van der Waals surface area contributed by atoms with Crippen LogP contribution in [0.4, 0.5) is 0 Å². The molecule has 0 rings (SSSR count). The first-order chi connectivity index (χ1) is 41.0. The molecule has 0 radical (unpaired) electrons. The van der Waals surface area contributed by atoms with Gasteiger partial charge in [0.05, 0.1) is 0 Å². The van der Waals surface area contributed by atoms with Crippen LogP contribution in [-0.4, -0.2) is 37.2 Å². The van der Waals surface area contributed by atoms with Crippen molar-refractivity contribution in [2.45, 2.75) is 451 Å². The summed E-state index contributed by atoms with van der Waals surface area (Å²) in [4.78, 5) is 38.4. The molecule has 1 atom stereocenters. The Morgan fingerprint density at radius 2 is 0.398 bits per heavy atom. The maximum atomic E-state index is 13.0. The summed E-state index contributed by atoms with van der Waals surface area (Å²) in [5, 5.41) is 0. The van der Waals surface area contributed by atoms with E-state index in [9.17, 15) is 14.4 Å². The summed E-state index contributed by atoms with van der Waals surface area (Å²) >= 11 is 0. The second-order valence-corrected chi connectivity index (χ2v) is 26.3. The number of allylic oxidation sites excluding steroid dienone is 2. The molecule has 0 aliphatic carbocycles. The Hall–Kier alpha value is -1.85. The van der Waals surface area contributed by atoms with Gasteiger partial charge in [-0.3, -0.25) is 14.4 Å². The standard InChI is InChI=1S/C77H148O6/c1-4-7-10-13-16-19-22-25-27-29-31-33-34-35-36-37-38-39-40-41-42-43-45-46-48-50-52-55-58-61-64-67-70-76(79)82-73-74(72-81-75(78)69-66-63-60-57-54-24-21-18-15-12-9-6-3)83-77(80)71-68-65-62-59-56-53-51-49-47-44-32-30-28-26-23-20-17-14-11-8-5-2/h18,21,74H,4-17,19-20,22-73H2,1-3H3/b21-18-. The zero-order valence-corrected chi connectivity index (χ0v) is 56.8.